The number of nitrogens with one attached hydrogen (secondary N) is 2. The molecule has 7 heteroatoms. The number of anilines is 3. The van der Waals surface area contributed by atoms with Crippen molar-refractivity contribution in [3.05, 3.63) is 47.5 Å². The molecular weight excluding hydrogens is 324 g/mol. The average Bonchev–Trinajstić information content (AvgIpc) is 3.00. The zero-order valence-corrected chi connectivity index (χ0v) is 13.7. The molecular formula is C17H14N4O2S. The number of ether oxygens (including phenoxy) is 1. The molecule has 0 fully saturated rings. The molecule has 0 saturated carbocycles. The summed E-state index contributed by atoms with van der Waals surface area (Å²) in [5, 5.41) is 8.03. The first-order valence-electron chi connectivity index (χ1n) is 7.37. The second-order valence-electron chi connectivity index (χ2n) is 5.31. The van der Waals surface area contributed by atoms with Crippen molar-refractivity contribution in [2.45, 2.75) is 6.42 Å². The highest BCUT2D eigenvalue weighted by molar-refractivity contribution is 7.14. The maximum atomic E-state index is 12.0. The zero-order chi connectivity index (χ0) is 16.5. The highest BCUT2D eigenvalue weighted by Crippen LogP contribution is 2.37. The van der Waals surface area contributed by atoms with Crippen LogP contribution in [0, 0.1) is 0 Å². The van der Waals surface area contributed by atoms with Crippen LogP contribution in [-0.2, 0) is 11.2 Å². The molecule has 0 atom stereocenters. The van der Waals surface area contributed by atoms with Gasteiger partial charge in [0.15, 0.2) is 0 Å². The SMILES string of the molecule is COc1ccc(Nc2ncc3c(n2)-c2sccc2NC(=O)C3)cc1. The highest BCUT2D eigenvalue weighted by atomic mass is 32.1. The van der Waals surface area contributed by atoms with Gasteiger partial charge in [0.1, 0.15) is 5.75 Å². The largest absolute Gasteiger partial charge is 0.497 e. The fourth-order valence-electron chi connectivity index (χ4n) is 2.55. The summed E-state index contributed by atoms with van der Waals surface area (Å²) in [7, 11) is 1.63. The molecule has 24 heavy (non-hydrogen) atoms. The molecule has 2 N–H and O–H groups in total. The highest BCUT2D eigenvalue weighted by Gasteiger charge is 2.22. The van der Waals surface area contributed by atoms with Crippen LogP contribution >= 0.6 is 11.3 Å². The van der Waals surface area contributed by atoms with Crippen LogP contribution < -0.4 is 15.4 Å². The Hall–Kier alpha value is -2.93. The molecule has 1 aromatic carbocycles. The van der Waals surface area contributed by atoms with Crippen LogP contribution in [0.2, 0.25) is 0 Å². The third-order valence-electron chi connectivity index (χ3n) is 3.72. The first-order chi connectivity index (χ1) is 11.7. The summed E-state index contributed by atoms with van der Waals surface area (Å²) >= 11 is 1.55. The molecule has 0 radical (unpaired) electrons. The van der Waals surface area contributed by atoms with Gasteiger partial charge in [0.05, 0.1) is 29.8 Å². The Morgan fingerprint density at radius 2 is 2.08 bits per heavy atom. The number of aromatic nitrogens is 2. The summed E-state index contributed by atoms with van der Waals surface area (Å²) in [5.41, 5.74) is 3.29. The second kappa shape index (κ2) is 5.93. The van der Waals surface area contributed by atoms with E-state index in [0.29, 0.717) is 5.95 Å². The van der Waals surface area contributed by atoms with Gasteiger partial charge in [-0.1, -0.05) is 0 Å². The number of hydrogen-bond acceptors (Lipinski definition) is 6. The Morgan fingerprint density at radius 1 is 1.25 bits per heavy atom. The van der Waals surface area contributed by atoms with E-state index < -0.39 is 0 Å². The molecule has 4 rings (SSSR count). The normalized spacial score (nSPS) is 12.6. The Bertz CT molecular complexity index is 905. The minimum Gasteiger partial charge on any atom is -0.497 e. The van der Waals surface area contributed by atoms with Gasteiger partial charge in [0.25, 0.3) is 0 Å². The van der Waals surface area contributed by atoms with Crippen LogP contribution in [0.25, 0.3) is 10.6 Å². The first kappa shape index (κ1) is 14.6. The van der Waals surface area contributed by atoms with Gasteiger partial charge in [-0.3, -0.25) is 4.79 Å². The van der Waals surface area contributed by atoms with Crippen LogP contribution in [0.5, 0.6) is 5.75 Å². The number of nitrogens with zero attached hydrogens (tertiary/aromatic N) is 2. The van der Waals surface area contributed by atoms with Crippen molar-refractivity contribution in [2.24, 2.45) is 0 Å². The molecule has 0 bridgehead atoms. The second-order valence-corrected chi connectivity index (χ2v) is 6.23. The lowest BCUT2D eigenvalue weighted by Gasteiger charge is -2.09. The van der Waals surface area contributed by atoms with Gasteiger partial charge in [-0.2, -0.15) is 0 Å². The van der Waals surface area contributed by atoms with Crippen LogP contribution in [-0.4, -0.2) is 23.0 Å². The molecule has 6 nitrogen and oxygen atoms in total. The number of carbonyl (C=O) groups is 1. The maximum absolute atomic E-state index is 12.0. The van der Waals surface area contributed by atoms with Gasteiger partial charge in [-0.05, 0) is 35.7 Å². The third kappa shape index (κ3) is 2.69. The lowest BCUT2D eigenvalue weighted by molar-refractivity contribution is -0.115. The summed E-state index contributed by atoms with van der Waals surface area (Å²) in [5.74, 6) is 1.23. The van der Waals surface area contributed by atoms with Crippen LogP contribution in [0.4, 0.5) is 17.3 Å². The average molecular weight is 338 g/mol. The molecule has 1 amide bonds. The van der Waals surface area contributed by atoms with Crippen LogP contribution in [0.15, 0.2) is 41.9 Å². The first-order valence-corrected chi connectivity index (χ1v) is 8.25. The van der Waals surface area contributed by atoms with Gasteiger partial charge < -0.3 is 15.4 Å². The summed E-state index contributed by atoms with van der Waals surface area (Å²) in [6, 6.07) is 9.42. The number of carbonyl (C=O) groups excluding carboxylic acids is 1. The lowest BCUT2D eigenvalue weighted by atomic mass is 10.1. The predicted molar refractivity (Wildman–Crippen MR) is 94.0 cm³/mol. The number of benzene rings is 1. The van der Waals surface area contributed by atoms with Crippen LogP contribution in [0.1, 0.15) is 5.56 Å². The molecule has 2 aromatic heterocycles. The van der Waals surface area contributed by atoms with E-state index in [2.05, 4.69) is 20.6 Å². The molecule has 1 aliphatic rings. The standard InChI is InChI=1S/C17H14N4O2S/c1-23-12-4-2-11(3-5-12)19-17-18-9-10-8-14(22)20-13-6-7-24-16(13)15(10)21-17/h2-7,9H,8H2,1H3,(H,20,22)(H,18,19,21). The molecule has 1 aliphatic heterocycles. The maximum Gasteiger partial charge on any atom is 0.228 e. The number of amides is 1. The quantitative estimate of drug-likeness (QED) is 0.765. The summed E-state index contributed by atoms with van der Waals surface area (Å²) in [6.45, 7) is 0. The topological polar surface area (TPSA) is 76.1 Å². The Kier molecular flexibility index (Phi) is 3.62. The fourth-order valence-corrected chi connectivity index (χ4v) is 3.43. The molecule has 120 valence electrons. The van der Waals surface area contributed by atoms with E-state index >= 15 is 0 Å². The smallest absolute Gasteiger partial charge is 0.228 e. The minimum atomic E-state index is -0.0483. The van der Waals surface area contributed by atoms with E-state index in [1.165, 1.54) is 0 Å². The van der Waals surface area contributed by atoms with Gasteiger partial charge >= 0.3 is 0 Å². The van der Waals surface area contributed by atoms with Crippen molar-refractivity contribution in [3.8, 4) is 16.3 Å². The fraction of sp³-hybridized carbons (Fsp3) is 0.118. The monoisotopic (exact) mass is 338 g/mol. The van der Waals surface area contributed by atoms with Crippen LogP contribution in [0.3, 0.4) is 0 Å². The van der Waals surface area contributed by atoms with E-state index in [1.54, 1.807) is 24.6 Å². The molecule has 0 spiro atoms. The zero-order valence-electron chi connectivity index (χ0n) is 12.9. The number of hydrogen-bond donors (Lipinski definition) is 2. The van der Waals surface area contributed by atoms with Crippen molar-refractivity contribution in [1.29, 1.82) is 0 Å². The Balaban J connectivity index is 1.69. The van der Waals surface area contributed by atoms with Crippen molar-refractivity contribution in [1.82, 2.24) is 9.97 Å². The van der Waals surface area contributed by atoms with E-state index in [9.17, 15) is 4.79 Å². The number of thiophene rings is 1. The van der Waals surface area contributed by atoms with E-state index in [-0.39, 0.29) is 12.3 Å². The van der Waals surface area contributed by atoms with Crippen molar-refractivity contribution in [2.75, 3.05) is 17.7 Å². The van der Waals surface area contributed by atoms with Crippen molar-refractivity contribution < 1.29 is 9.53 Å². The lowest BCUT2D eigenvalue weighted by Crippen LogP contribution is -2.12. The summed E-state index contributed by atoms with van der Waals surface area (Å²) < 4.78 is 5.15. The van der Waals surface area contributed by atoms with Crippen molar-refractivity contribution in [3.63, 3.8) is 0 Å². The van der Waals surface area contributed by atoms with Gasteiger partial charge in [0, 0.05) is 17.4 Å². The van der Waals surface area contributed by atoms with Gasteiger partial charge in [0.2, 0.25) is 11.9 Å². The van der Waals surface area contributed by atoms with Gasteiger partial charge in [-0.15, -0.1) is 11.3 Å². The summed E-state index contributed by atoms with van der Waals surface area (Å²) in [6.07, 6.45) is 1.99. The van der Waals surface area contributed by atoms with E-state index in [0.717, 1.165) is 33.3 Å². The third-order valence-corrected chi connectivity index (χ3v) is 4.64. The number of rotatable bonds is 3. The number of methoxy groups -OCH3 is 1. The van der Waals surface area contributed by atoms with E-state index in [4.69, 9.17) is 4.74 Å². The molecule has 0 saturated heterocycles. The molecule has 3 aromatic rings. The number of fused-ring (bicyclic) bond motifs is 3. The molecule has 0 unspecified atom stereocenters. The molecule has 3 heterocycles. The van der Waals surface area contributed by atoms with Crippen molar-refractivity contribution >= 4 is 34.6 Å². The minimum absolute atomic E-state index is 0.0483. The Morgan fingerprint density at radius 3 is 2.88 bits per heavy atom. The summed E-state index contributed by atoms with van der Waals surface area (Å²) in [4.78, 5) is 21.9. The van der Waals surface area contributed by atoms with Gasteiger partial charge in [-0.25, -0.2) is 9.97 Å². The molecule has 0 aliphatic carbocycles. The Labute approximate surface area is 142 Å². The predicted octanol–water partition coefficient (Wildman–Crippen LogP) is 3.45. The van der Waals surface area contributed by atoms with E-state index in [1.807, 2.05) is 35.7 Å².